The van der Waals surface area contributed by atoms with E-state index in [1.807, 2.05) is 54.6 Å². The van der Waals surface area contributed by atoms with E-state index in [4.69, 9.17) is 9.47 Å². The molecule has 1 saturated heterocycles. The molecular formula is C44H55N5O7. The van der Waals surface area contributed by atoms with Crippen LogP contribution in [-0.4, -0.2) is 84.1 Å². The molecule has 2 aliphatic carbocycles. The molecular weight excluding hydrogens is 711 g/mol. The van der Waals surface area contributed by atoms with Gasteiger partial charge >= 0.3 is 12.1 Å². The van der Waals surface area contributed by atoms with Crippen molar-refractivity contribution in [1.29, 1.82) is 0 Å². The number of nitrogens with zero attached hydrogens (tertiary/aromatic N) is 1. The first kappa shape index (κ1) is 40.4. The Morgan fingerprint density at radius 1 is 0.839 bits per heavy atom. The van der Waals surface area contributed by atoms with Crippen LogP contribution in [0.25, 0.3) is 11.1 Å². The molecule has 0 spiro atoms. The van der Waals surface area contributed by atoms with Crippen molar-refractivity contribution in [3.8, 4) is 11.1 Å². The molecule has 298 valence electrons. The van der Waals surface area contributed by atoms with E-state index in [9.17, 15) is 24.0 Å². The largest absolute Gasteiger partial charge is 0.459 e. The lowest BCUT2D eigenvalue weighted by molar-refractivity contribution is -0.153. The zero-order valence-corrected chi connectivity index (χ0v) is 32.8. The molecule has 3 aliphatic rings. The van der Waals surface area contributed by atoms with Crippen LogP contribution in [0.4, 0.5) is 4.79 Å². The number of carbonyl (C=O) groups is 5. The third-order valence-electron chi connectivity index (χ3n) is 10.9. The summed E-state index contributed by atoms with van der Waals surface area (Å²) in [6, 6.07) is 22.6. The van der Waals surface area contributed by atoms with Crippen LogP contribution in [0.3, 0.4) is 0 Å². The highest BCUT2D eigenvalue weighted by atomic mass is 16.6. The molecule has 3 aromatic carbocycles. The van der Waals surface area contributed by atoms with Gasteiger partial charge < -0.3 is 30.3 Å². The summed E-state index contributed by atoms with van der Waals surface area (Å²) < 4.78 is 11.2. The van der Waals surface area contributed by atoms with Gasteiger partial charge in [0.15, 0.2) is 0 Å². The van der Waals surface area contributed by atoms with Crippen LogP contribution in [0, 0.1) is 5.92 Å². The molecule has 0 bridgehead atoms. The summed E-state index contributed by atoms with van der Waals surface area (Å²) in [5.74, 6) is -1.91. The topological polar surface area (TPSA) is 155 Å². The molecule has 3 aromatic rings. The highest BCUT2D eigenvalue weighted by molar-refractivity contribution is 5.94. The van der Waals surface area contributed by atoms with Gasteiger partial charge in [-0.15, -0.1) is 0 Å². The molecule has 2 fully saturated rings. The van der Waals surface area contributed by atoms with E-state index in [2.05, 4.69) is 45.5 Å². The summed E-state index contributed by atoms with van der Waals surface area (Å²) >= 11 is 0. The minimum absolute atomic E-state index is 0.0675. The van der Waals surface area contributed by atoms with Crippen LogP contribution < -0.4 is 21.3 Å². The standard InChI is InChI=1S/C44H55N5O7/c1-28(45-25-38(50)56-44(2,3)4)40(51)48-39(30-17-9-6-10-18-30)42(53)49-26-31(23-37(49)41(52)46-24-29-15-7-5-8-16-29)47-43(54)55-27-36-34-21-13-11-19-32(34)33-20-12-14-22-35(33)36/h5,7-8,11-16,19-22,28,30-31,36-37,39,45H,6,9-10,17-18,23-27H2,1-4H3,(H,46,52)(H,47,54)(H,48,51)/t28-,31-,37-,39-/m0/s1. The third kappa shape index (κ3) is 10.1. The summed E-state index contributed by atoms with van der Waals surface area (Å²) in [5.41, 5.74) is 4.68. The zero-order valence-electron chi connectivity index (χ0n) is 32.8. The molecule has 6 rings (SSSR count). The van der Waals surface area contributed by atoms with Gasteiger partial charge in [0.1, 0.15) is 24.3 Å². The molecule has 12 heteroatoms. The molecule has 12 nitrogen and oxygen atoms in total. The molecule has 0 radical (unpaired) electrons. The van der Waals surface area contributed by atoms with Crippen molar-refractivity contribution in [2.45, 2.75) is 108 Å². The maximum Gasteiger partial charge on any atom is 0.407 e. The van der Waals surface area contributed by atoms with Crippen molar-refractivity contribution in [3.05, 3.63) is 95.6 Å². The second-order valence-corrected chi connectivity index (χ2v) is 16.2. The first-order chi connectivity index (χ1) is 26.9. The number of hydrogen-bond donors (Lipinski definition) is 4. The number of carbonyl (C=O) groups excluding carboxylic acids is 5. The van der Waals surface area contributed by atoms with E-state index < -0.39 is 47.7 Å². The van der Waals surface area contributed by atoms with Gasteiger partial charge in [-0.05, 0) is 80.7 Å². The van der Waals surface area contributed by atoms with E-state index in [-0.39, 0.29) is 56.3 Å². The van der Waals surface area contributed by atoms with Crippen LogP contribution >= 0.6 is 0 Å². The third-order valence-corrected chi connectivity index (χ3v) is 10.9. The van der Waals surface area contributed by atoms with Gasteiger partial charge in [-0.3, -0.25) is 24.5 Å². The van der Waals surface area contributed by atoms with Gasteiger partial charge in [0, 0.05) is 19.0 Å². The number of hydrogen-bond acceptors (Lipinski definition) is 8. The first-order valence-electron chi connectivity index (χ1n) is 19.9. The van der Waals surface area contributed by atoms with Crippen LogP contribution in [0.1, 0.15) is 88.8 Å². The number of likely N-dealkylation sites (tertiary alicyclic amines) is 1. The number of rotatable bonds is 13. The maximum atomic E-state index is 14.7. The van der Waals surface area contributed by atoms with Crippen molar-refractivity contribution in [3.63, 3.8) is 0 Å². The van der Waals surface area contributed by atoms with Gasteiger partial charge in [-0.1, -0.05) is 98.1 Å². The van der Waals surface area contributed by atoms with Crippen molar-refractivity contribution >= 4 is 29.8 Å². The average Bonchev–Trinajstić information content (AvgIpc) is 3.76. The Bertz CT molecular complexity index is 1830. The molecule has 4 atom stereocenters. The number of ether oxygens (including phenoxy) is 2. The Labute approximate surface area is 329 Å². The number of nitrogens with one attached hydrogen (secondary N) is 4. The summed E-state index contributed by atoms with van der Waals surface area (Å²) in [7, 11) is 0. The number of amides is 4. The number of alkyl carbamates (subject to hydrolysis) is 1. The van der Waals surface area contributed by atoms with E-state index in [1.54, 1.807) is 27.7 Å². The second-order valence-electron chi connectivity index (χ2n) is 16.2. The summed E-state index contributed by atoms with van der Waals surface area (Å²) in [6.07, 6.45) is 3.92. The highest BCUT2D eigenvalue weighted by Crippen LogP contribution is 2.44. The highest BCUT2D eigenvalue weighted by Gasteiger charge is 2.45. The smallest absolute Gasteiger partial charge is 0.407 e. The van der Waals surface area contributed by atoms with Crippen LogP contribution in [-0.2, 0) is 35.2 Å². The summed E-state index contributed by atoms with van der Waals surface area (Å²) in [5, 5.41) is 11.8. The molecule has 4 N–H and O–H groups in total. The summed E-state index contributed by atoms with van der Waals surface area (Å²) in [6.45, 7) is 7.24. The fraction of sp³-hybridized carbons (Fsp3) is 0.477. The molecule has 1 saturated carbocycles. The van der Waals surface area contributed by atoms with Crippen molar-refractivity contribution in [2.24, 2.45) is 5.92 Å². The van der Waals surface area contributed by atoms with Gasteiger partial charge in [0.25, 0.3) is 0 Å². The van der Waals surface area contributed by atoms with Gasteiger partial charge in [-0.2, -0.15) is 0 Å². The van der Waals surface area contributed by atoms with Gasteiger partial charge in [0.05, 0.1) is 18.6 Å². The van der Waals surface area contributed by atoms with E-state index in [0.29, 0.717) is 0 Å². The Balaban J connectivity index is 1.15. The van der Waals surface area contributed by atoms with Crippen LogP contribution in [0.15, 0.2) is 78.9 Å². The predicted octanol–water partition coefficient (Wildman–Crippen LogP) is 5.20. The van der Waals surface area contributed by atoms with Crippen molar-refractivity contribution in [1.82, 2.24) is 26.2 Å². The van der Waals surface area contributed by atoms with E-state index in [1.165, 1.54) is 4.90 Å². The fourth-order valence-electron chi connectivity index (χ4n) is 8.15. The quantitative estimate of drug-likeness (QED) is 0.173. The van der Waals surface area contributed by atoms with Crippen LogP contribution in [0.5, 0.6) is 0 Å². The normalized spacial score (nSPS) is 19.2. The SMILES string of the molecule is C[C@H](NCC(=O)OC(C)(C)C)C(=O)N[C@H](C(=O)N1C[C@@H](NC(=O)OCC2c3ccccc3-c3ccccc32)C[C@H]1C(=O)NCc1ccccc1)C1CCCCC1. The number of fused-ring (bicyclic) bond motifs is 3. The summed E-state index contributed by atoms with van der Waals surface area (Å²) in [4.78, 5) is 69.4. The van der Waals surface area contributed by atoms with Gasteiger partial charge in [0.2, 0.25) is 17.7 Å². The average molecular weight is 766 g/mol. The number of esters is 1. The Hall–Kier alpha value is -5.23. The van der Waals surface area contributed by atoms with Crippen molar-refractivity contribution in [2.75, 3.05) is 19.7 Å². The monoisotopic (exact) mass is 765 g/mol. The Morgan fingerprint density at radius 3 is 2.11 bits per heavy atom. The predicted molar refractivity (Wildman–Crippen MR) is 212 cm³/mol. The van der Waals surface area contributed by atoms with Crippen molar-refractivity contribution < 1.29 is 33.4 Å². The van der Waals surface area contributed by atoms with Gasteiger partial charge in [-0.25, -0.2) is 4.79 Å². The molecule has 1 heterocycles. The van der Waals surface area contributed by atoms with E-state index in [0.717, 1.165) is 59.9 Å². The number of benzene rings is 3. The molecule has 0 aromatic heterocycles. The lowest BCUT2D eigenvalue weighted by Gasteiger charge is -2.35. The second kappa shape index (κ2) is 18.1. The molecule has 1 aliphatic heterocycles. The van der Waals surface area contributed by atoms with Crippen LogP contribution in [0.2, 0.25) is 0 Å². The fourth-order valence-corrected chi connectivity index (χ4v) is 8.15. The van der Waals surface area contributed by atoms with E-state index >= 15 is 0 Å². The molecule has 0 unspecified atom stereocenters. The minimum atomic E-state index is -0.897. The minimum Gasteiger partial charge on any atom is -0.459 e. The maximum absolute atomic E-state index is 14.7. The lowest BCUT2D eigenvalue weighted by Crippen LogP contribution is -2.58. The first-order valence-corrected chi connectivity index (χ1v) is 19.9. The lowest BCUT2D eigenvalue weighted by atomic mass is 9.83. The zero-order chi connectivity index (χ0) is 39.8. The Morgan fingerprint density at radius 2 is 1.46 bits per heavy atom. The Kier molecular flexibility index (Phi) is 13.1. The molecule has 56 heavy (non-hydrogen) atoms. The molecule has 4 amide bonds.